The number of rotatable bonds is 4. The molecule has 2 heteroatoms. The molecule has 94 valence electrons. The van der Waals surface area contributed by atoms with Crippen molar-refractivity contribution in [1.29, 1.82) is 0 Å². The standard InChI is InChI=1S/C16H17ClO/c1-12-4-2-3-5-16(12)14(11-18)10-13-6-8-15(17)9-7-13/h2-9,14,18H,10-11H2,1H3/t14-/m1/s1. The van der Waals surface area contributed by atoms with Crippen LogP contribution >= 0.6 is 11.6 Å². The minimum absolute atomic E-state index is 0.146. The van der Waals surface area contributed by atoms with Crippen molar-refractivity contribution in [3.05, 3.63) is 70.2 Å². The molecule has 0 aliphatic carbocycles. The molecule has 1 atom stereocenters. The van der Waals surface area contributed by atoms with Gasteiger partial charge in [0.05, 0.1) is 6.61 Å². The topological polar surface area (TPSA) is 20.2 Å². The second kappa shape index (κ2) is 6.03. The molecule has 2 aromatic carbocycles. The maximum absolute atomic E-state index is 9.59. The van der Waals surface area contributed by atoms with Gasteiger partial charge >= 0.3 is 0 Å². The zero-order chi connectivity index (χ0) is 13.0. The van der Waals surface area contributed by atoms with Crippen molar-refractivity contribution in [1.82, 2.24) is 0 Å². The summed E-state index contributed by atoms with van der Waals surface area (Å²) in [5.74, 6) is 0.146. The molecular weight excluding hydrogens is 244 g/mol. The maximum atomic E-state index is 9.59. The molecule has 0 radical (unpaired) electrons. The highest BCUT2D eigenvalue weighted by atomic mass is 35.5. The van der Waals surface area contributed by atoms with E-state index in [9.17, 15) is 5.11 Å². The van der Waals surface area contributed by atoms with Crippen LogP contribution in [0.2, 0.25) is 5.02 Å². The lowest BCUT2D eigenvalue weighted by Gasteiger charge is -2.17. The molecule has 0 aliphatic heterocycles. The van der Waals surface area contributed by atoms with Crippen molar-refractivity contribution < 1.29 is 5.11 Å². The van der Waals surface area contributed by atoms with Gasteiger partial charge in [0.2, 0.25) is 0 Å². The van der Waals surface area contributed by atoms with E-state index < -0.39 is 0 Å². The monoisotopic (exact) mass is 260 g/mol. The van der Waals surface area contributed by atoms with Gasteiger partial charge in [-0.1, -0.05) is 48.0 Å². The molecule has 2 aromatic rings. The van der Waals surface area contributed by atoms with E-state index in [-0.39, 0.29) is 12.5 Å². The summed E-state index contributed by atoms with van der Waals surface area (Å²) in [5.41, 5.74) is 3.64. The van der Waals surface area contributed by atoms with Crippen molar-refractivity contribution in [3.8, 4) is 0 Å². The molecular formula is C16H17ClO. The molecule has 0 unspecified atom stereocenters. The van der Waals surface area contributed by atoms with Gasteiger partial charge in [-0.15, -0.1) is 0 Å². The van der Waals surface area contributed by atoms with Gasteiger partial charge in [-0.2, -0.15) is 0 Å². The predicted octanol–water partition coefficient (Wildman–Crippen LogP) is 3.97. The highest BCUT2D eigenvalue weighted by molar-refractivity contribution is 6.30. The first kappa shape index (κ1) is 13.1. The lowest BCUT2D eigenvalue weighted by atomic mass is 9.90. The van der Waals surface area contributed by atoms with Gasteiger partial charge in [0, 0.05) is 10.9 Å². The van der Waals surface area contributed by atoms with Crippen LogP contribution in [0.3, 0.4) is 0 Å². The fourth-order valence-electron chi connectivity index (χ4n) is 2.22. The number of benzene rings is 2. The summed E-state index contributed by atoms with van der Waals surface area (Å²) in [4.78, 5) is 0. The Labute approximate surface area is 113 Å². The zero-order valence-electron chi connectivity index (χ0n) is 10.4. The summed E-state index contributed by atoms with van der Waals surface area (Å²) >= 11 is 5.87. The number of aliphatic hydroxyl groups is 1. The number of hydrogen-bond donors (Lipinski definition) is 1. The van der Waals surface area contributed by atoms with E-state index in [1.165, 1.54) is 16.7 Å². The molecule has 0 aromatic heterocycles. The van der Waals surface area contributed by atoms with Crippen molar-refractivity contribution in [3.63, 3.8) is 0 Å². The smallest absolute Gasteiger partial charge is 0.0503 e. The van der Waals surface area contributed by atoms with Gasteiger partial charge in [-0.25, -0.2) is 0 Å². The van der Waals surface area contributed by atoms with E-state index in [1.54, 1.807) is 0 Å². The van der Waals surface area contributed by atoms with Gasteiger partial charge < -0.3 is 5.11 Å². The van der Waals surface area contributed by atoms with Crippen LogP contribution in [0.5, 0.6) is 0 Å². The first-order chi connectivity index (χ1) is 8.70. The van der Waals surface area contributed by atoms with E-state index in [0.717, 1.165) is 11.4 Å². The Morgan fingerprint density at radius 2 is 1.72 bits per heavy atom. The normalized spacial score (nSPS) is 12.4. The lowest BCUT2D eigenvalue weighted by Crippen LogP contribution is -2.09. The van der Waals surface area contributed by atoms with Crippen molar-refractivity contribution in [2.75, 3.05) is 6.61 Å². The Morgan fingerprint density at radius 3 is 2.33 bits per heavy atom. The Morgan fingerprint density at radius 1 is 1.06 bits per heavy atom. The molecule has 18 heavy (non-hydrogen) atoms. The highest BCUT2D eigenvalue weighted by Gasteiger charge is 2.13. The average molecular weight is 261 g/mol. The van der Waals surface area contributed by atoms with Crippen LogP contribution in [0, 0.1) is 6.92 Å². The average Bonchev–Trinajstić information content (AvgIpc) is 2.39. The third kappa shape index (κ3) is 3.12. The molecule has 0 saturated carbocycles. The minimum atomic E-state index is 0.146. The van der Waals surface area contributed by atoms with Crippen LogP contribution in [-0.4, -0.2) is 11.7 Å². The van der Waals surface area contributed by atoms with Gasteiger partial charge in [-0.05, 0) is 42.2 Å². The molecule has 0 aliphatic rings. The van der Waals surface area contributed by atoms with Crippen molar-refractivity contribution in [2.45, 2.75) is 19.3 Å². The van der Waals surface area contributed by atoms with Crippen molar-refractivity contribution in [2.24, 2.45) is 0 Å². The highest BCUT2D eigenvalue weighted by Crippen LogP contribution is 2.24. The molecule has 0 heterocycles. The summed E-state index contributed by atoms with van der Waals surface area (Å²) < 4.78 is 0. The lowest BCUT2D eigenvalue weighted by molar-refractivity contribution is 0.264. The molecule has 0 saturated heterocycles. The summed E-state index contributed by atoms with van der Waals surface area (Å²) in [6.07, 6.45) is 0.832. The number of hydrogen-bond acceptors (Lipinski definition) is 1. The van der Waals surface area contributed by atoms with Gasteiger partial charge in [-0.3, -0.25) is 0 Å². The van der Waals surface area contributed by atoms with Gasteiger partial charge in [0.15, 0.2) is 0 Å². The van der Waals surface area contributed by atoms with E-state index in [0.29, 0.717) is 0 Å². The summed E-state index contributed by atoms with van der Waals surface area (Å²) in [6, 6.07) is 16.0. The van der Waals surface area contributed by atoms with E-state index >= 15 is 0 Å². The fourth-order valence-corrected chi connectivity index (χ4v) is 2.35. The number of halogens is 1. The molecule has 2 rings (SSSR count). The summed E-state index contributed by atoms with van der Waals surface area (Å²) in [5, 5.41) is 10.3. The quantitative estimate of drug-likeness (QED) is 0.882. The number of aryl methyl sites for hydroxylation is 1. The maximum Gasteiger partial charge on any atom is 0.0503 e. The Hall–Kier alpha value is -1.31. The largest absolute Gasteiger partial charge is 0.396 e. The van der Waals surface area contributed by atoms with Crippen LogP contribution in [0.25, 0.3) is 0 Å². The van der Waals surface area contributed by atoms with Gasteiger partial charge in [0.25, 0.3) is 0 Å². The third-order valence-corrected chi connectivity index (χ3v) is 3.50. The molecule has 1 N–H and O–H groups in total. The number of aliphatic hydroxyl groups excluding tert-OH is 1. The van der Waals surface area contributed by atoms with E-state index in [2.05, 4.69) is 19.1 Å². The minimum Gasteiger partial charge on any atom is -0.396 e. The summed E-state index contributed by atoms with van der Waals surface area (Å²) in [6.45, 7) is 2.24. The second-order valence-electron chi connectivity index (χ2n) is 4.57. The van der Waals surface area contributed by atoms with Crippen LogP contribution in [-0.2, 0) is 6.42 Å². The molecule has 0 spiro atoms. The Kier molecular flexibility index (Phi) is 4.40. The molecule has 0 amide bonds. The first-order valence-corrected chi connectivity index (χ1v) is 6.49. The molecule has 0 bridgehead atoms. The SMILES string of the molecule is Cc1ccccc1[C@@H](CO)Cc1ccc(Cl)cc1. The fraction of sp³-hybridized carbons (Fsp3) is 0.250. The van der Waals surface area contributed by atoms with Gasteiger partial charge in [0.1, 0.15) is 0 Å². The van der Waals surface area contributed by atoms with Crippen LogP contribution in [0.1, 0.15) is 22.6 Å². The predicted molar refractivity (Wildman–Crippen MR) is 76.2 cm³/mol. The van der Waals surface area contributed by atoms with E-state index in [4.69, 9.17) is 11.6 Å². The summed E-state index contributed by atoms with van der Waals surface area (Å²) in [7, 11) is 0. The Balaban J connectivity index is 2.20. The van der Waals surface area contributed by atoms with E-state index in [1.807, 2.05) is 36.4 Å². The second-order valence-corrected chi connectivity index (χ2v) is 5.00. The zero-order valence-corrected chi connectivity index (χ0v) is 11.2. The third-order valence-electron chi connectivity index (χ3n) is 3.24. The molecule has 0 fully saturated rings. The van der Waals surface area contributed by atoms with Crippen LogP contribution < -0.4 is 0 Å². The van der Waals surface area contributed by atoms with Crippen LogP contribution in [0.4, 0.5) is 0 Å². The first-order valence-electron chi connectivity index (χ1n) is 6.11. The van der Waals surface area contributed by atoms with Crippen LogP contribution in [0.15, 0.2) is 48.5 Å². The Bertz CT molecular complexity index is 505. The van der Waals surface area contributed by atoms with Crippen molar-refractivity contribution >= 4 is 11.6 Å². The molecule has 1 nitrogen and oxygen atoms in total.